The van der Waals surface area contributed by atoms with E-state index in [4.69, 9.17) is 0 Å². The first-order chi connectivity index (χ1) is 19.2. The summed E-state index contributed by atoms with van der Waals surface area (Å²) in [6.45, 7) is 6.36. The molecule has 1 unspecified atom stereocenters. The third kappa shape index (κ3) is 9.11. The summed E-state index contributed by atoms with van der Waals surface area (Å²) in [5.74, 6) is -1.92. The summed E-state index contributed by atoms with van der Waals surface area (Å²) in [6.07, 6.45) is 1.94. The Labute approximate surface area is 239 Å². The number of carbonyl (C=O) groups excluding carboxylic acids is 5. The van der Waals surface area contributed by atoms with Gasteiger partial charge in [-0.1, -0.05) is 51.1 Å². The Morgan fingerprint density at radius 1 is 0.950 bits per heavy atom. The monoisotopic (exact) mass is 567 g/mol. The number of ketones is 1. The van der Waals surface area contributed by atoms with E-state index >= 15 is 0 Å². The fraction of sp³-hybridized carbons (Fsp3) is 0.414. The van der Waals surface area contributed by atoms with Gasteiger partial charge in [-0.15, -0.1) is 0 Å². The van der Waals surface area contributed by atoms with Crippen molar-refractivity contribution in [3.05, 3.63) is 60.2 Å². The van der Waals surface area contributed by atoms with E-state index in [2.05, 4.69) is 20.7 Å². The van der Waals surface area contributed by atoms with Gasteiger partial charge in [0, 0.05) is 30.1 Å². The van der Waals surface area contributed by atoms with Crippen molar-refractivity contribution in [3.8, 4) is 0 Å². The normalized spacial score (nSPS) is 14.4. The average Bonchev–Trinajstić information content (AvgIpc) is 3.38. The van der Waals surface area contributed by atoms with Crippen LogP contribution in [0, 0.1) is 5.92 Å². The Bertz CT molecular complexity index is 1190. The Morgan fingerprint density at radius 2 is 1.65 bits per heavy atom. The molecule has 214 valence electrons. The maximum absolute atomic E-state index is 13.1. The lowest BCUT2D eigenvalue weighted by Crippen LogP contribution is -2.54. The molecular weight excluding hydrogens is 530 g/mol. The van der Waals surface area contributed by atoms with E-state index in [0.717, 1.165) is 34.5 Å². The lowest BCUT2D eigenvalue weighted by atomic mass is 10.0. The number of amides is 5. The van der Waals surface area contributed by atoms with E-state index in [-0.39, 0.29) is 24.8 Å². The highest BCUT2D eigenvalue weighted by molar-refractivity contribution is 7.98. The number of rotatable bonds is 13. The molecule has 0 spiro atoms. The highest BCUT2D eigenvalue weighted by Gasteiger charge is 2.29. The van der Waals surface area contributed by atoms with E-state index in [9.17, 15) is 24.0 Å². The van der Waals surface area contributed by atoms with Gasteiger partial charge in [-0.25, -0.2) is 4.79 Å². The molecule has 2 atom stereocenters. The third-order valence-corrected chi connectivity index (χ3v) is 7.17. The van der Waals surface area contributed by atoms with E-state index in [1.165, 1.54) is 0 Å². The molecule has 1 aliphatic heterocycles. The largest absolute Gasteiger partial charge is 0.345 e. The predicted octanol–water partition coefficient (Wildman–Crippen LogP) is 3.31. The van der Waals surface area contributed by atoms with Crippen molar-refractivity contribution >= 4 is 47.2 Å². The van der Waals surface area contributed by atoms with Gasteiger partial charge in [0.2, 0.25) is 17.6 Å². The second-order valence-corrected chi connectivity index (χ2v) is 10.9. The number of carbonyl (C=O) groups is 5. The van der Waals surface area contributed by atoms with Gasteiger partial charge in [0.05, 0.1) is 6.04 Å². The van der Waals surface area contributed by atoms with Gasteiger partial charge in [0.15, 0.2) is 0 Å². The number of benzene rings is 2. The van der Waals surface area contributed by atoms with E-state index in [0.29, 0.717) is 19.4 Å². The minimum absolute atomic E-state index is 0.0897. The minimum atomic E-state index is -1.03. The summed E-state index contributed by atoms with van der Waals surface area (Å²) in [6, 6.07) is 14.0. The van der Waals surface area contributed by atoms with Crippen molar-refractivity contribution < 1.29 is 24.0 Å². The standard InChI is InChI=1S/C29H37N5O5S/c1-4-23(26(36)28(38)30-18-20-12-14-21(15-13-20)34-16-8-11-25(34)35)31-27(37)24(17-19(2)3)32-29(39)33-40-22-9-6-5-7-10-22/h5-7,9-10,12-15,19,23-24H,4,8,11,16-18H2,1-3H3,(H,30,38)(H,31,37)(H2,32,33,39)/t23?,24-/m0/s1. The maximum atomic E-state index is 13.1. The molecule has 0 radical (unpaired) electrons. The van der Waals surface area contributed by atoms with Crippen LogP contribution in [0.3, 0.4) is 0 Å². The summed E-state index contributed by atoms with van der Waals surface area (Å²) in [7, 11) is 0. The average molecular weight is 568 g/mol. The SMILES string of the molecule is CCC(NC(=O)[C@H](CC(C)C)NC(=O)NSc1ccccc1)C(=O)C(=O)NCc1ccc(N2CCCC2=O)cc1. The summed E-state index contributed by atoms with van der Waals surface area (Å²) >= 11 is 1.12. The van der Waals surface area contributed by atoms with Crippen LogP contribution < -0.4 is 25.6 Å². The maximum Gasteiger partial charge on any atom is 0.325 e. The molecule has 3 rings (SSSR count). The van der Waals surface area contributed by atoms with Crippen LogP contribution in [0.1, 0.15) is 52.0 Å². The molecule has 0 aliphatic carbocycles. The smallest absolute Gasteiger partial charge is 0.325 e. The summed E-state index contributed by atoms with van der Waals surface area (Å²) in [5.41, 5.74) is 1.58. The third-order valence-electron chi connectivity index (χ3n) is 6.37. The highest BCUT2D eigenvalue weighted by atomic mass is 32.2. The first-order valence-corrected chi connectivity index (χ1v) is 14.3. The second kappa shape index (κ2) is 15.1. The van der Waals surface area contributed by atoms with Crippen molar-refractivity contribution in [1.82, 2.24) is 20.7 Å². The lowest BCUT2D eigenvalue weighted by Gasteiger charge is -2.23. The van der Waals surface area contributed by atoms with E-state index in [1.54, 1.807) is 24.0 Å². The Balaban J connectivity index is 1.52. The van der Waals surface area contributed by atoms with Crippen LogP contribution in [0.15, 0.2) is 59.5 Å². The van der Waals surface area contributed by atoms with Crippen LogP contribution in [-0.2, 0) is 25.7 Å². The fourth-order valence-electron chi connectivity index (χ4n) is 4.25. The van der Waals surface area contributed by atoms with Crippen LogP contribution in [0.5, 0.6) is 0 Å². The molecule has 0 bridgehead atoms. The molecule has 2 aromatic rings. The zero-order chi connectivity index (χ0) is 29.1. The predicted molar refractivity (Wildman–Crippen MR) is 154 cm³/mol. The quantitative estimate of drug-likeness (QED) is 0.217. The van der Waals surface area contributed by atoms with Gasteiger partial charge in [0.25, 0.3) is 5.91 Å². The molecule has 5 amide bonds. The zero-order valence-corrected chi connectivity index (χ0v) is 23.9. The van der Waals surface area contributed by atoms with Crippen LogP contribution in [0.4, 0.5) is 10.5 Å². The molecule has 11 heteroatoms. The fourth-order valence-corrected chi connectivity index (χ4v) is 4.82. The highest BCUT2D eigenvalue weighted by Crippen LogP contribution is 2.21. The van der Waals surface area contributed by atoms with Crippen molar-refractivity contribution in [2.24, 2.45) is 5.92 Å². The molecule has 1 heterocycles. The van der Waals surface area contributed by atoms with Gasteiger partial charge in [-0.3, -0.25) is 23.9 Å². The summed E-state index contributed by atoms with van der Waals surface area (Å²) < 4.78 is 2.66. The molecule has 0 aromatic heterocycles. The second-order valence-electron chi connectivity index (χ2n) is 10.0. The number of urea groups is 1. The van der Waals surface area contributed by atoms with E-state index in [1.807, 2.05) is 56.3 Å². The van der Waals surface area contributed by atoms with Crippen molar-refractivity contribution in [2.45, 2.75) is 70.0 Å². The first kappa shape index (κ1) is 30.7. The molecule has 40 heavy (non-hydrogen) atoms. The van der Waals surface area contributed by atoms with Gasteiger partial charge in [-0.2, -0.15) is 0 Å². The number of hydrogen-bond donors (Lipinski definition) is 4. The topological polar surface area (TPSA) is 137 Å². The summed E-state index contributed by atoms with van der Waals surface area (Å²) in [4.78, 5) is 65.5. The van der Waals surface area contributed by atoms with Crippen LogP contribution in [-0.4, -0.2) is 48.2 Å². The summed E-state index contributed by atoms with van der Waals surface area (Å²) in [5, 5.41) is 7.92. The Hall–Kier alpha value is -3.86. The molecule has 1 fully saturated rings. The molecular formula is C29H37N5O5S. The van der Waals surface area contributed by atoms with Gasteiger partial charge in [0.1, 0.15) is 6.04 Å². The van der Waals surface area contributed by atoms with Crippen LogP contribution >= 0.6 is 11.9 Å². The number of Topliss-reactive ketones (excluding diaryl/α,β-unsaturated/α-hetero) is 1. The van der Waals surface area contributed by atoms with Crippen molar-refractivity contribution in [2.75, 3.05) is 11.4 Å². The van der Waals surface area contributed by atoms with Crippen LogP contribution in [0.2, 0.25) is 0 Å². The van der Waals surface area contributed by atoms with Gasteiger partial charge < -0.3 is 20.9 Å². The lowest BCUT2D eigenvalue weighted by molar-refractivity contribution is -0.140. The molecule has 0 saturated carbocycles. The number of anilines is 1. The molecule has 10 nitrogen and oxygen atoms in total. The van der Waals surface area contributed by atoms with Gasteiger partial charge in [-0.05, 0) is 67.0 Å². The van der Waals surface area contributed by atoms with E-state index < -0.39 is 35.7 Å². The molecule has 1 aliphatic rings. The molecule has 2 aromatic carbocycles. The number of nitrogens with one attached hydrogen (secondary N) is 4. The molecule has 4 N–H and O–H groups in total. The number of hydrogen-bond acceptors (Lipinski definition) is 6. The van der Waals surface area contributed by atoms with Crippen molar-refractivity contribution in [1.29, 1.82) is 0 Å². The number of nitrogens with zero attached hydrogens (tertiary/aromatic N) is 1. The first-order valence-electron chi connectivity index (χ1n) is 13.5. The van der Waals surface area contributed by atoms with Crippen LogP contribution in [0.25, 0.3) is 0 Å². The zero-order valence-electron chi connectivity index (χ0n) is 23.1. The Morgan fingerprint density at radius 3 is 2.25 bits per heavy atom. The Kier molecular flexibility index (Phi) is 11.6. The minimum Gasteiger partial charge on any atom is -0.345 e. The van der Waals surface area contributed by atoms with Gasteiger partial charge >= 0.3 is 6.03 Å². The van der Waals surface area contributed by atoms with Crippen molar-refractivity contribution in [3.63, 3.8) is 0 Å². The molecule has 1 saturated heterocycles.